The molecule has 0 N–H and O–H groups in total. The van der Waals surface area contributed by atoms with Crippen molar-refractivity contribution in [3.63, 3.8) is 0 Å². The van der Waals surface area contributed by atoms with Crippen molar-refractivity contribution in [1.29, 1.82) is 0 Å². The van der Waals surface area contributed by atoms with Gasteiger partial charge in [0.25, 0.3) is 11.8 Å². The van der Waals surface area contributed by atoms with Crippen LogP contribution in [-0.2, 0) is 0 Å². The van der Waals surface area contributed by atoms with Crippen molar-refractivity contribution in [2.24, 2.45) is 11.8 Å². The summed E-state index contributed by atoms with van der Waals surface area (Å²) in [5.74, 6) is -0.439. The van der Waals surface area contributed by atoms with Gasteiger partial charge in [-0.05, 0) is 18.1 Å². The maximum atomic E-state index is 12.1. The largest absolute Gasteiger partial charge is 0.274 e. The molecule has 2 atom stereocenters. The predicted molar refractivity (Wildman–Crippen MR) is 68.9 cm³/mol. The number of rotatable bonds is 2. The van der Waals surface area contributed by atoms with Crippen LogP contribution in [0.2, 0.25) is 0 Å². The molecule has 5 heteroatoms. The number of hydrogen-bond donors (Lipinski definition) is 0. The quantitative estimate of drug-likeness (QED) is 0.618. The molecule has 0 saturated heterocycles. The van der Waals surface area contributed by atoms with Crippen LogP contribution >= 0.6 is 23.2 Å². The van der Waals surface area contributed by atoms with Gasteiger partial charge in [-0.15, -0.1) is 23.2 Å². The predicted octanol–water partition coefficient (Wildman–Crippen LogP) is 2.72. The molecular formula is C13H11Cl2NO2. The minimum atomic E-state index is -0.810. The van der Waals surface area contributed by atoms with E-state index in [4.69, 9.17) is 23.2 Å². The van der Waals surface area contributed by atoms with Crippen LogP contribution in [0.4, 0.5) is 0 Å². The van der Waals surface area contributed by atoms with Crippen LogP contribution in [0.25, 0.3) is 0 Å². The Labute approximate surface area is 115 Å². The fraction of sp³-hybridized carbons (Fsp3) is 0.385. The van der Waals surface area contributed by atoms with Gasteiger partial charge in [-0.1, -0.05) is 19.1 Å². The summed E-state index contributed by atoms with van der Waals surface area (Å²) in [5.41, 5.74) is 0.927. The van der Waals surface area contributed by atoms with Gasteiger partial charge < -0.3 is 0 Å². The fourth-order valence-electron chi connectivity index (χ4n) is 2.44. The van der Waals surface area contributed by atoms with E-state index in [0.717, 1.165) is 0 Å². The number of halogens is 2. The van der Waals surface area contributed by atoms with Gasteiger partial charge in [0.15, 0.2) is 0 Å². The van der Waals surface area contributed by atoms with E-state index in [0.29, 0.717) is 17.7 Å². The number of fused-ring (bicyclic) bond motifs is 1. The summed E-state index contributed by atoms with van der Waals surface area (Å²) in [6.45, 7) is 2.21. The van der Waals surface area contributed by atoms with Gasteiger partial charge in [0.2, 0.25) is 0 Å². The molecule has 3 rings (SSSR count). The zero-order valence-corrected chi connectivity index (χ0v) is 11.2. The third-order valence-corrected chi connectivity index (χ3v) is 5.10. The number of carbonyl (C=O) groups is 2. The molecule has 1 aliphatic heterocycles. The summed E-state index contributed by atoms with van der Waals surface area (Å²) in [7, 11) is 0. The normalized spacial score (nSPS) is 28.5. The molecule has 1 aliphatic carbocycles. The second kappa shape index (κ2) is 3.72. The third kappa shape index (κ3) is 1.50. The highest BCUT2D eigenvalue weighted by Crippen LogP contribution is 2.59. The van der Waals surface area contributed by atoms with E-state index in [1.54, 1.807) is 24.3 Å². The first-order chi connectivity index (χ1) is 8.44. The third-order valence-electron chi connectivity index (χ3n) is 3.85. The van der Waals surface area contributed by atoms with Gasteiger partial charge in [-0.2, -0.15) is 0 Å². The van der Waals surface area contributed by atoms with Crippen molar-refractivity contribution in [2.75, 3.05) is 6.54 Å². The topological polar surface area (TPSA) is 37.4 Å². The Morgan fingerprint density at radius 3 is 2.00 bits per heavy atom. The summed E-state index contributed by atoms with van der Waals surface area (Å²) >= 11 is 12.1. The standard InChI is InChI=1S/C13H11Cl2NO2/c1-7-10(13(7,14)15)6-16-11(17)8-4-2-3-5-9(8)12(16)18/h2-5,7,10H,6H2,1H3. The monoisotopic (exact) mass is 283 g/mol. The molecule has 2 amide bonds. The SMILES string of the molecule is CC1C(CN2C(=O)c3ccccc3C2=O)C1(Cl)Cl. The summed E-state index contributed by atoms with van der Waals surface area (Å²) in [4.78, 5) is 25.5. The Morgan fingerprint density at radius 2 is 1.61 bits per heavy atom. The van der Waals surface area contributed by atoms with Gasteiger partial charge in [-0.3, -0.25) is 14.5 Å². The van der Waals surface area contributed by atoms with Crippen molar-refractivity contribution < 1.29 is 9.59 Å². The van der Waals surface area contributed by atoms with Gasteiger partial charge in [-0.25, -0.2) is 0 Å². The first-order valence-electron chi connectivity index (χ1n) is 5.77. The Bertz CT molecular complexity index is 521. The Kier molecular flexibility index (Phi) is 2.48. The van der Waals surface area contributed by atoms with Crippen LogP contribution in [0, 0.1) is 11.8 Å². The molecule has 0 bridgehead atoms. The summed E-state index contributed by atoms with van der Waals surface area (Å²) < 4.78 is -0.810. The number of benzene rings is 1. The minimum absolute atomic E-state index is 0.0388. The number of hydrogen-bond acceptors (Lipinski definition) is 2. The second-order valence-electron chi connectivity index (χ2n) is 4.84. The number of amides is 2. The first kappa shape index (κ1) is 12.0. The summed E-state index contributed by atoms with van der Waals surface area (Å²) in [5, 5.41) is 0. The Hall–Kier alpha value is -1.06. The molecule has 0 spiro atoms. The molecule has 18 heavy (non-hydrogen) atoms. The number of alkyl halides is 2. The average Bonchev–Trinajstić information content (AvgIpc) is 2.71. The molecule has 0 aromatic heterocycles. The van der Waals surface area contributed by atoms with Crippen molar-refractivity contribution in [1.82, 2.24) is 4.90 Å². The van der Waals surface area contributed by atoms with Crippen LogP contribution in [-0.4, -0.2) is 27.6 Å². The van der Waals surface area contributed by atoms with E-state index in [1.165, 1.54) is 4.90 Å². The molecule has 1 fully saturated rings. The zero-order valence-electron chi connectivity index (χ0n) is 9.69. The van der Waals surface area contributed by atoms with E-state index < -0.39 is 4.33 Å². The minimum Gasteiger partial charge on any atom is -0.274 e. The van der Waals surface area contributed by atoms with Gasteiger partial charge in [0.1, 0.15) is 4.33 Å². The highest BCUT2D eigenvalue weighted by molar-refractivity contribution is 6.51. The van der Waals surface area contributed by atoms with Gasteiger partial charge in [0.05, 0.1) is 11.1 Å². The molecule has 1 heterocycles. The lowest BCUT2D eigenvalue weighted by Gasteiger charge is -2.13. The molecule has 94 valence electrons. The molecule has 3 nitrogen and oxygen atoms in total. The molecular weight excluding hydrogens is 273 g/mol. The molecule has 1 saturated carbocycles. The maximum Gasteiger partial charge on any atom is 0.261 e. The van der Waals surface area contributed by atoms with Gasteiger partial charge in [0, 0.05) is 12.5 Å². The van der Waals surface area contributed by atoms with Crippen LogP contribution < -0.4 is 0 Å². The molecule has 0 radical (unpaired) electrons. The van der Waals surface area contributed by atoms with Gasteiger partial charge >= 0.3 is 0 Å². The number of nitrogens with zero attached hydrogens (tertiary/aromatic N) is 1. The Morgan fingerprint density at radius 1 is 1.17 bits per heavy atom. The first-order valence-corrected chi connectivity index (χ1v) is 6.53. The smallest absolute Gasteiger partial charge is 0.261 e. The highest BCUT2D eigenvalue weighted by atomic mass is 35.5. The highest BCUT2D eigenvalue weighted by Gasteiger charge is 2.61. The van der Waals surface area contributed by atoms with Crippen molar-refractivity contribution in [3.05, 3.63) is 35.4 Å². The van der Waals surface area contributed by atoms with Crippen LogP contribution in [0.1, 0.15) is 27.6 Å². The lowest BCUT2D eigenvalue weighted by molar-refractivity contribution is 0.0645. The molecule has 1 aromatic rings. The van der Waals surface area contributed by atoms with Crippen LogP contribution in [0.3, 0.4) is 0 Å². The van der Waals surface area contributed by atoms with E-state index in [-0.39, 0.29) is 23.7 Å². The summed E-state index contributed by atoms with van der Waals surface area (Å²) in [6.07, 6.45) is 0. The number of imide groups is 1. The molecule has 2 unspecified atom stereocenters. The summed E-state index contributed by atoms with van der Waals surface area (Å²) in [6, 6.07) is 6.84. The maximum absolute atomic E-state index is 12.1. The number of carbonyl (C=O) groups excluding carboxylic acids is 2. The lowest BCUT2D eigenvalue weighted by Crippen LogP contribution is -2.32. The molecule has 1 aromatic carbocycles. The van der Waals surface area contributed by atoms with Crippen molar-refractivity contribution in [2.45, 2.75) is 11.3 Å². The van der Waals surface area contributed by atoms with E-state index >= 15 is 0 Å². The van der Waals surface area contributed by atoms with E-state index in [2.05, 4.69) is 0 Å². The zero-order chi connectivity index (χ0) is 13.1. The Balaban J connectivity index is 1.85. The molecule has 2 aliphatic rings. The second-order valence-corrected chi connectivity index (χ2v) is 6.28. The lowest BCUT2D eigenvalue weighted by atomic mass is 10.1. The van der Waals surface area contributed by atoms with Crippen LogP contribution in [0.15, 0.2) is 24.3 Å². The fourth-order valence-corrected chi connectivity index (χ4v) is 3.14. The van der Waals surface area contributed by atoms with E-state index in [9.17, 15) is 9.59 Å². The van der Waals surface area contributed by atoms with E-state index in [1.807, 2.05) is 6.92 Å². The van der Waals surface area contributed by atoms with Crippen molar-refractivity contribution >= 4 is 35.0 Å². The van der Waals surface area contributed by atoms with Crippen molar-refractivity contribution in [3.8, 4) is 0 Å². The van der Waals surface area contributed by atoms with Crippen LogP contribution in [0.5, 0.6) is 0 Å². The average molecular weight is 284 g/mol.